The Morgan fingerprint density at radius 1 is 1.21 bits per heavy atom. The number of rotatable bonds is 2. The Morgan fingerprint density at radius 2 is 2.08 bits per heavy atom. The Bertz CT molecular complexity index is 747. The van der Waals surface area contributed by atoms with Crippen LogP contribution in [0.1, 0.15) is 28.9 Å². The molecule has 1 atom stereocenters. The van der Waals surface area contributed by atoms with Gasteiger partial charge in [-0.15, -0.1) is 10.2 Å². The van der Waals surface area contributed by atoms with Gasteiger partial charge >= 0.3 is 0 Å². The van der Waals surface area contributed by atoms with Gasteiger partial charge in [0, 0.05) is 30.9 Å². The van der Waals surface area contributed by atoms with Crippen molar-refractivity contribution in [2.24, 2.45) is 0 Å². The van der Waals surface area contributed by atoms with E-state index in [4.69, 9.17) is 4.74 Å². The van der Waals surface area contributed by atoms with Crippen LogP contribution in [0.5, 0.6) is 5.88 Å². The number of methoxy groups -OCH3 is 1. The lowest BCUT2D eigenvalue weighted by atomic mass is 10.1. The number of fused-ring (bicyclic) bond motifs is 2. The lowest BCUT2D eigenvalue weighted by Gasteiger charge is -2.26. The van der Waals surface area contributed by atoms with Crippen molar-refractivity contribution in [3.63, 3.8) is 0 Å². The third-order valence-electron chi connectivity index (χ3n) is 4.86. The van der Waals surface area contributed by atoms with Gasteiger partial charge in [0.25, 0.3) is 5.91 Å². The van der Waals surface area contributed by atoms with Gasteiger partial charge in [0.15, 0.2) is 5.69 Å². The summed E-state index contributed by atoms with van der Waals surface area (Å²) in [7, 11) is 1.53. The van der Waals surface area contributed by atoms with Crippen LogP contribution in [0.25, 0.3) is 0 Å². The van der Waals surface area contributed by atoms with Crippen LogP contribution in [0.15, 0.2) is 36.4 Å². The second-order valence-corrected chi connectivity index (χ2v) is 6.27. The maximum absolute atomic E-state index is 13.1. The molecule has 4 rings (SSSR count). The minimum Gasteiger partial charge on any atom is -0.480 e. The third kappa shape index (κ3) is 2.63. The first-order chi connectivity index (χ1) is 11.8. The molecule has 1 aromatic carbocycles. The van der Waals surface area contributed by atoms with Crippen LogP contribution in [0.2, 0.25) is 0 Å². The molecule has 3 heterocycles. The van der Waals surface area contributed by atoms with Crippen LogP contribution in [0.3, 0.4) is 0 Å². The summed E-state index contributed by atoms with van der Waals surface area (Å²) in [5.74, 6) is 0.302. The highest BCUT2D eigenvalue weighted by atomic mass is 16.5. The van der Waals surface area contributed by atoms with Gasteiger partial charge in [-0.1, -0.05) is 18.2 Å². The fourth-order valence-corrected chi connectivity index (χ4v) is 3.62. The molecule has 2 aliphatic rings. The zero-order chi connectivity index (χ0) is 16.5. The summed E-state index contributed by atoms with van der Waals surface area (Å²) in [5.41, 5.74) is 2.52. The maximum Gasteiger partial charge on any atom is 0.278 e. The van der Waals surface area contributed by atoms with E-state index >= 15 is 0 Å². The summed E-state index contributed by atoms with van der Waals surface area (Å²) >= 11 is 0. The van der Waals surface area contributed by atoms with Crippen LogP contribution < -0.4 is 9.64 Å². The maximum atomic E-state index is 13.1. The molecule has 2 aliphatic heterocycles. The fourth-order valence-electron chi connectivity index (χ4n) is 3.62. The minimum absolute atomic E-state index is 0.105. The molecule has 1 amide bonds. The number of benzene rings is 1. The van der Waals surface area contributed by atoms with Crippen LogP contribution in [-0.2, 0) is 6.54 Å². The quantitative estimate of drug-likeness (QED) is 0.847. The van der Waals surface area contributed by atoms with Crippen LogP contribution in [-0.4, -0.2) is 47.2 Å². The summed E-state index contributed by atoms with van der Waals surface area (Å²) < 4.78 is 5.02. The van der Waals surface area contributed by atoms with Crippen molar-refractivity contribution in [1.29, 1.82) is 0 Å². The lowest BCUT2D eigenvalue weighted by molar-refractivity contribution is 0.0975. The molecule has 2 aromatic rings. The minimum atomic E-state index is -0.105. The molecule has 1 fully saturated rings. The highest BCUT2D eigenvalue weighted by Crippen LogP contribution is 2.32. The number of hydrogen-bond donors (Lipinski definition) is 0. The van der Waals surface area contributed by atoms with Crippen LogP contribution in [0.4, 0.5) is 5.69 Å². The number of amides is 1. The molecule has 24 heavy (non-hydrogen) atoms. The predicted octanol–water partition coefficient (Wildman–Crippen LogP) is 2.11. The van der Waals surface area contributed by atoms with E-state index in [0.717, 1.165) is 25.2 Å². The van der Waals surface area contributed by atoms with Gasteiger partial charge < -0.3 is 9.64 Å². The summed E-state index contributed by atoms with van der Waals surface area (Å²) in [6.07, 6.45) is 2.32. The number of ether oxygens (including phenoxy) is 1. The fraction of sp³-hybridized carbons (Fsp3) is 0.389. The van der Waals surface area contributed by atoms with Crippen molar-refractivity contribution >= 4 is 11.6 Å². The molecule has 0 spiro atoms. The average Bonchev–Trinajstić information content (AvgIpc) is 3.00. The molecule has 0 radical (unpaired) electrons. The lowest BCUT2D eigenvalue weighted by Crippen LogP contribution is -2.40. The number of nitrogens with zero attached hydrogens (tertiary/aromatic N) is 4. The molecular formula is C18H20N4O2. The highest BCUT2D eigenvalue weighted by molar-refractivity contribution is 6.05. The number of carbonyl (C=O) groups excluding carboxylic acids is 1. The van der Waals surface area contributed by atoms with Crippen molar-refractivity contribution in [3.8, 4) is 5.88 Å². The normalized spacial score (nSPS) is 20.2. The van der Waals surface area contributed by atoms with E-state index in [1.54, 1.807) is 12.1 Å². The van der Waals surface area contributed by atoms with E-state index in [0.29, 0.717) is 24.2 Å². The van der Waals surface area contributed by atoms with Gasteiger partial charge in [-0.3, -0.25) is 9.69 Å². The predicted molar refractivity (Wildman–Crippen MR) is 90.1 cm³/mol. The van der Waals surface area contributed by atoms with Gasteiger partial charge in [0.2, 0.25) is 5.88 Å². The monoisotopic (exact) mass is 324 g/mol. The molecule has 0 N–H and O–H groups in total. The molecule has 1 saturated heterocycles. The number of para-hydroxylation sites is 1. The Labute approximate surface area is 141 Å². The molecule has 0 aliphatic carbocycles. The topological polar surface area (TPSA) is 58.6 Å². The molecule has 6 nitrogen and oxygen atoms in total. The van der Waals surface area contributed by atoms with Crippen molar-refractivity contribution in [1.82, 2.24) is 15.1 Å². The smallest absolute Gasteiger partial charge is 0.278 e. The second kappa shape index (κ2) is 6.20. The highest BCUT2D eigenvalue weighted by Gasteiger charge is 2.34. The molecule has 0 bridgehead atoms. The number of anilines is 1. The second-order valence-electron chi connectivity index (χ2n) is 6.27. The van der Waals surface area contributed by atoms with Crippen molar-refractivity contribution in [2.75, 3.05) is 25.1 Å². The Balaban J connectivity index is 1.70. The largest absolute Gasteiger partial charge is 0.480 e. The van der Waals surface area contributed by atoms with Crippen LogP contribution >= 0.6 is 0 Å². The number of carbonyl (C=O) groups is 1. The molecule has 124 valence electrons. The van der Waals surface area contributed by atoms with Gasteiger partial charge in [-0.05, 0) is 37.1 Å². The Kier molecular flexibility index (Phi) is 3.90. The van der Waals surface area contributed by atoms with E-state index in [1.807, 2.05) is 23.1 Å². The Morgan fingerprint density at radius 3 is 2.88 bits per heavy atom. The molecule has 1 aromatic heterocycles. The number of hydrogen-bond acceptors (Lipinski definition) is 5. The first kappa shape index (κ1) is 15.1. The van der Waals surface area contributed by atoms with Gasteiger partial charge in [-0.25, -0.2) is 0 Å². The summed E-state index contributed by atoms with van der Waals surface area (Å²) in [5, 5.41) is 7.96. The number of aromatic nitrogens is 2. The summed E-state index contributed by atoms with van der Waals surface area (Å²) in [6, 6.07) is 11.9. The first-order valence-corrected chi connectivity index (χ1v) is 8.28. The van der Waals surface area contributed by atoms with Gasteiger partial charge in [-0.2, -0.15) is 0 Å². The molecule has 6 heteroatoms. The molecular weight excluding hydrogens is 304 g/mol. The van der Waals surface area contributed by atoms with E-state index in [-0.39, 0.29) is 5.91 Å². The van der Waals surface area contributed by atoms with Crippen molar-refractivity contribution in [3.05, 3.63) is 47.7 Å². The van der Waals surface area contributed by atoms with E-state index in [9.17, 15) is 4.79 Å². The van der Waals surface area contributed by atoms with E-state index < -0.39 is 0 Å². The van der Waals surface area contributed by atoms with Crippen LogP contribution in [0, 0.1) is 0 Å². The standard InChI is InChI=1S/C18H20N4O2/c1-24-17-9-8-15(19-20-17)18(23)22-12-14-6-4-10-21(14)11-13-5-2-3-7-16(13)22/h2-3,5,7-9,14H,4,6,10-12H2,1H3. The van der Waals surface area contributed by atoms with Gasteiger partial charge in [0.1, 0.15) is 0 Å². The van der Waals surface area contributed by atoms with E-state index in [2.05, 4.69) is 21.2 Å². The average molecular weight is 324 g/mol. The zero-order valence-corrected chi connectivity index (χ0v) is 13.7. The third-order valence-corrected chi connectivity index (χ3v) is 4.86. The van der Waals surface area contributed by atoms with Crippen molar-refractivity contribution in [2.45, 2.75) is 25.4 Å². The summed E-state index contributed by atoms with van der Waals surface area (Å²) in [6.45, 7) is 2.70. The molecule has 0 saturated carbocycles. The van der Waals surface area contributed by atoms with Gasteiger partial charge in [0.05, 0.1) is 7.11 Å². The zero-order valence-electron chi connectivity index (χ0n) is 13.7. The molecule has 1 unspecified atom stereocenters. The van der Waals surface area contributed by atoms with E-state index in [1.165, 1.54) is 19.1 Å². The Hall–Kier alpha value is -2.47. The summed E-state index contributed by atoms with van der Waals surface area (Å²) in [4.78, 5) is 17.4. The SMILES string of the molecule is COc1ccc(C(=O)N2CC3CCCN3Cc3ccccc32)nn1. The first-order valence-electron chi connectivity index (χ1n) is 8.28. The van der Waals surface area contributed by atoms with Crippen molar-refractivity contribution < 1.29 is 9.53 Å².